The minimum absolute atomic E-state index is 0.00782. The van der Waals surface area contributed by atoms with Gasteiger partial charge in [0.1, 0.15) is 17.1 Å². The van der Waals surface area contributed by atoms with Gasteiger partial charge in [-0.15, -0.1) is 0 Å². The molecule has 5 aliphatic rings. The Kier molecular flexibility index (Phi) is 13.7. The number of aliphatic hydroxyl groups excluding tert-OH is 1. The lowest BCUT2D eigenvalue weighted by Gasteiger charge is -2.47. The molecule has 4 heterocycles. The van der Waals surface area contributed by atoms with Gasteiger partial charge in [-0.1, -0.05) is 37.1 Å². The standard InChI is InChI=1S/C45H61N7O8/c53-38-11-10-36(43-42(38)47-40(55)30-59-43)39(54)27-46-17-21-52(35-6-1-2-7-35)41(56)14-24-58-23-13-32-4-3-5-34(26-32)28-49-19-15-45(16-20-49)31-50(22-25-60-45)44(57)37-12-18-51(48-37)29-33-8-9-33/h3-5,10-12,18,26,33,35,39,46,53-54H,1-2,6-9,13-17,19-25,27-31H2,(H,47,55)/t39-/m0/s1. The summed E-state index contributed by atoms with van der Waals surface area (Å²) in [6, 6.07) is 13.8. The number of rotatable bonds is 18. The third kappa shape index (κ3) is 10.7. The quantitative estimate of drug-likeness (QED) is 0.108. The van der Waals surface area contributed by atoms with Gasteiger partial charge < -0.3 is 44.9 Å². The van der Waals surface area contributed by atoms with Crippen LogP contribution in [0.3, 0.4) is 0 Å². The highest BCUT2D eigenvalue weighted by Crippen LogP contribution is 2.41. The summed E-state index contributed by atoms with van der Waals surface area (Å²) in [5, 5.41) is 31.5. The maximum Gasteiger partial charge on any atom is 0.274 e. The second-order valence-corrected chi connectivity index (χ2v) is 17.3. The van der Waals surface area contributed by atoms with Crippen molar-refractivity contribution in [3.05, 3.63) is 71.0 Å². The predicted octanol–water partition coefficient (Wildman–Crippen LogP) is 3.88. The van der Waals surface area contributed by atoms with Crippen molar-refractivity contribution < 1.29 is 38.8 Å². The lowest BCUT2D eigenvalue weighted by atomic mass is 9.89. The number of phenols is 1. The van der Waals surface area contributed by atoms with Crippen LogP contribution in [0.2, 0.25) is 0 Å². The summed E-state index contributed by atoms with van der Waals surface area (Å²) in [4.78, 5) is 45.0. The van der Waals surface area contributed by atoms with Gasteiger partial charge in [0.2, 0.25) is 5.91 Å². The van der Waals surface area contributed by atoms with Gasteiger partial charge in [0.15, 0.2) is 12.4 Å². The van der Waals surface area contributed by atoms with E-state index in [0.717, 1.165) is 71.1 Å². The maximum atomic E-state index is 13.5. The second-order valence-electron chi connectivity index (χ2n) is 17.3. The Bertz CT molecular complexity index is 1950. The molecule has 3 aliphatic heterocycles. The first-order chi connectivity index (χ1) is 29.2. The van der Waals surface area contributed by atoms with Gasteiger partial charge >= 0.3 is 0 Å². The number of benzene rings is 2. The van der Waals surface area contributed by atoms with Gasteiger partial charge in [-0.2, -0.15) is 5.10 Å². The third-order valence-electron chi connectivity index (χ3n) is 12.8. The molecular weight excluding hydrogens is 767 g/mol. The highest BCUT2D eigenvalue weighted by Gasteiger charge is 2.41. The number of hydrogen-bond acceptors (Lipinski definition) is 11. The fourth-order valence-electron chi connectivity index (χ4n) is 9.20. The van der Waals surface area contributed by atoms with E-state index in [9.17, 15) is 24.6 Å². The van der Waals surface area contributed by atoms with Crippen molar-refractivity contribution in [1.29, 1.82) is 0 Å². The molecular formula is C45H61N7O8. The zero-order valence-corrected chi connectivity index (χ0v) is 34.7. The number of aliphatic hydroxyl groups is 1. The molecule has 15 heteroatoms. The number of piperidine rings is 1. The Morgan fingerprint density at radius 3 is 2.68 bits per heavy atom. The van der Waals surface area contributed by atoms with Gasteiger partial charge in [-0.25, -0.2) is 0 Å². The van der Waals surface area contributed by atoms with Gasteiger partial charge in [-0.05, 0) is 80.2 Å². The molecule has 0 unspecified atom stereocenters. The van der Waals surface area contributed by atoms with E-state index >= 15 is 0 Å². The molecule has 1 aromatic heterocycles. The van der Waals surface area contributed by atoms with E-state index in [1.165, 1.54) is 30.0 Å². The first-order valence-electron chi connectivity index (χ1n) is 22.0. The molecule has 2 saturated heterocycles. The van der Waals surface area contributed by atoms with Crippen molar-refractivity contribution in [3.63, 3.8) is 0 Å². The smallest absolute Gasteiger partial charge is 0.274 e. The fraction of sp³-hybridized carbons (Fsp3) is 0.600. The van der Waals surface area contributed by atoms with E-state index in [-0.39, 0.29) is 59.7 Å². The predicted molar refractivity (Wildman–Crippen MR) is 224 cm³/mol. The van der Waals surface area contributed by atoms with E-state index in [0.29, 0.717) is 69.6 Å². The number of fused-ring (bicyclic) bond motifs is 1. The largest absolute Gasteiger partial charge is 0.506 e. The number of anilines is 1. The molecule has 2 saturated carbocycles. The number of aromatic hydroxyl groups is 1. The first-order valence-corrected chi connectivity index (χ1v) is 22.0. The number of hydrogen-bond donors (Lipinski definition) is 4. The van der Waals surface area contributed by atoms with Crippen LogP contribution in [0.15, 0.2) is 48.7 Å². The Morgan fingerprint density at radius 2 is 1.87 bits per heavy atom. The van der Waals surface area contributed by atoms with Crippen LogP contribution in [-0.4, -0.2) is 136 Å². The van der Waals surface area contributed by atoms with Gasteiger partial charge in [0.25, 0.3) is 11.8 Å². The minimum Gasteiger partial charge on any atom is -0.506 e. The van der Waals surface area contributed by atoms with Crippen LogP contribution >= 0.6 is 0 Å². The minimum atomic E-state index is -0.933. The van der Waals surface area contributed by atoms with Crippen LogP contribution in [0.5, 0.6) is 11.5 Å². The number of phenolic OH excluding ortho intramolecular Hbond substituents is 1. The number of carbonyl (C=O) groups excluding carboxylic acids is 3. The van der Waals surface area contributed by atoms with Crippen LogP contribution in [0.4, 0.5) is 5.69 Å². The average Bonchev–Trinajstić information content (AvgIpc) is 3.66. The van der Waals surface area contributed by atoms with Crippen LogP contribution < -0.4 is 15.4 Å². The van der Waals surface area contributed by atoms with Crippen molar-refractivity contribution in [3.8, 4) is 11.5 Å². The molecule has 3 amide bonds. The molecule has 2 aromatic carbocycles. The highest BCUT2D eigenvalue weighted by molar-refractivity contribution is 5.97. The summed E-state index contributed by atoms with van der Waals surface area (Å²) in [5.41, 5.74) is 3.35. The molecule has 60 heavy (non-hydrogen) atoms. The van der Waals surface area contributed by atoms with Crippen LogP contribution in [0.1, 0.15) is 91.1 Å². The summed E-state index contributed by atoms with van der Waals surface area (Å²) in [7, 11) is 0. The van der Waals surface area contributed by atoms with Crippen molar-refractivity contribution >= 4 is 23.4 Å². The topological polar surface area (TPSA) is 171 Å². The maximum absolute atomic E-state index is 13.5. The Balaban J connectivity index is 0.737. The number of morpholine rings is 1. The molecule has 324 valence electrons. The molecule has 8 rings (SSSR count). The monoisotopic (exact) mass is 827 g/mol. The van der Waals surface area contributed by atoms with Gasteiger partial charge in [0.05, 0.1) is 44.5 Å². The lowest BCUT2D eigenvalue weighted by Crippen LogP contribution is -2.58. The number of ether oxygens (including phenoxy) is 3. The molecule has 1 spiro atoms. The van der Waals surface area contributed by atoms with Gasteiger partial charge in [-0.3, -0.25) is 24.0 Å². The lowest BCUT2D eigenvalue weighted by molar-refractivity contribution is -0.134. The van der Waals surface area contributed by atoms with E-state index in [4.69, 9.17) is 14.2 Å². The van der Waals surface area contributed by atoms with Gasteiger partial charge in [0, 0.05) is 70.2 Å². The molecule has 4 fully saturated rings. The normalized spacial score (nSPS) is 19.8. The highest BCUT2D eigenvalue weighted by atomic mass is 16.5. The first kappa shape index (κ1) is 42.2. The summed E-state index contributed by atoms with van der Waals surface area (Å²) >= 11 is 0. The number of aromatic nitrogens is 2. The second kappa shape index (κ2) is 19.4. The number of likely N-dealkylation sites (tertiary alicyclic amines) is 1. The number of carbonyl (C=O) groups is 3. The van der Waals surface area contributed by atoms with Crippen LogP contribution in [-0.2, 0) is 38.6 Å². The molecule has 0 radical (unpaired) electrons. The Morgan fingerprint density at radius 1 is 1.05 bits per heavy atom. The number of nitrogens with one attached hydrogen (secondary N) is 2. The van der Waals surface area contributed by atoms with Crippen LogP contribution in [0, 0.1) is 5.92 Å². The van der Waals surface area contributed by atoms with Crippen LogP contribution in [0.25, 0.3) is 0 Å². The van der Waals surface area contributed by atoms with Crippen molar-refractivity contribution in [2.75, 3.05) is 77.6 Å². The van der Waals surface area contributed by atoms with E-state index < -0.39 is 6.10 Å². The summed E-state index contributed by atoms with van der Waals surface area (Å²) in [6.45, 7) is 7.32. The molecule has 3 aromatic rings. The molecule has 4 N–H and O–H groups in total. The summed E-state index contributed by atoms with van der Waals surface area (Å²) in [6.07, 6.45) is 10.6. The average molecular weight is 828 g/mol. The molecule has 0 bridgehead atoms. The van der Waals surface area contributed by atoms with E-state index in [1.807, 2.05) is 26.7 Å². The third-order valence-corrected chi connectivity index (χ3v) is 12.8. The summed E-state index contributed by atoms with van der Waals surface area (Å²) < 4.78 is 19.8. The van der Waals surface area contributed by atoms with E-state index in [2.05, 4.69) is 44.9 Å². The SMILES string of the molecule is O=C1COc2c([C@@H](O)CNCCN(C(=O)CCOCCc3cccc(CN4CCC5(CC4)CN(C(=O)c4ccn(CC6CC6)n4)CCO5)c3)C3CCCC3)ccc(O)c2N1. The molecule has 1 atom stereocenters. The van der Waals surface area contributed by atoms with Crippen molar-refractivity contribution in [2.45, 2.75) is 95.0 Å². The number of nitrogens with zero attached hydrogens (tertiary/aromatic N) is 5. The van der Waals surface area contributed by atoms with Crippen molar-refractivity contribution in [1.82, 2.24) is 29.8 Å². The molecule has 15 nitrogen and oxygen atoms in total. The zero-order valence-electron chi connectivity index (χ0n) is 34.7. The fourth-order valence-corrected chi connectivity index (χ4v) is 9.20. The Labute approximate surface area is 352 Å². The Hall–Kier alpha value is -4.54. The van der Waals surface area contributed by atoms with Crippen molar-refractivity contribution in [2.24, 2.45) is 5.92 Å². The zero-order chi connectivity index (χ0) is 41.5. The van der Waals surface area contributed by atoms with E-state index in [1.54, 1.807) is 6.07 Å². The number of amides is 3. The summed E-state index contributed by atoms with van der Waals surface area (Å²) in [5.74, 6) is 0.591. The molecule has 2 aliphatic carbocycles.